The van der Waals surface area contributed by atoms with E-state index in [1.807, 2.05) is 30.3 Å². The Hall–Kier alpha value is -1.39. The van der Waals surface area contributed by atoms with Crippen molar-refractivity contribution >= 4 is 5.90 Å². The molecule has 0 amide bonds. The fourth-order valence-electron chi connectivity index (χ4n) is 2.88. The Kier molecular flexibility index (Phi) is 2.22. The first-order valence-electron chi connectivity index (χ1n) is 6.49. The van der Waals surface area contributed by atoms with Crippen molar-refractivity contribution in [1.29, 1.82) is 0 Å². The smallest absolute Gasteiger partial charge is 0.349 e. The van der Waals surface area contributed by atoms with E-state index in [0.29, 0.717) is 12.4 Å². The maximum atomic E-state index is 5.93. The predicted octanol–water partition coefficient (Wildman–Crippen LogP) is 2.09. The van der Waals surface area contributed by atoms with Gasteiger partial charge in [-0.25, -0.2) is 4.99 Å². The molecule has 94 valence electrons. The molecule has 1 saturated heterocycles. The first-order chi connectivity index (χ1) is 8.85. The summed E-state index contributed by atoms with van der Waals surface area (Å²) in [5, 5.41) is 0. The van der Waals surface area contributed by atoms with Gasteiger partial charge in [-0.1, -0.05) is 18.2 Å². The van der Waals surface area contributed by atoms with Crippen molar-refractivity contribution in [3.05, 3.63) is 35.9 Å². The van der Waals surface area contributed by atoms with Crippen LogP contribution in [0.3, 0.4) is 0 Å². The van der Waals surface area contributed by atoms with E-state index in [0.717, 1.165) is 18.4 Å². The second-order valence-corrected chi connectivity index (χ2v) is 5.02. The van der Waals surface area contributed by atoms with Crippen molar-refractivity contribution < 1.29 is 14.2 Å². The van der Waals surface area contributed by atoms with Crippen molar-refractivity contribution in [3.63, 3.8) is 0 Å². The second-order valence-electron chi connectivity index (χ2n) is 5.02. The summed E-state index contributed by atoms with van der Waals surface area (Å²) >= 11 is 0. The molecule has 2 fully saturated rings. The van der Waals surface area contributed by atoms with Gasteiger partial charge < -0.3 is 14.2 Å². The van der Waals surface area contributed by atoms with Gasteiger partial charge in [0, 0.05) is 5.56 Å². The SMILES string of the molecule is c1ccc(C2=NCC3(O2)O[C@H]2CCC[C@H]2O3)cc1. The molecule has 1 unspecified atom stereocenters. The minimum atomic E-state index is -0.944. The summed E-state index contributed by atoms with van der Waals surface area (Å²) in [6.45, 7) is 0.435. The minimum absolute atomic E-state index is 0.190. The van der Waals surface area contributed by atoms with Gasteiger partial charge in [0.25, 0.3) is 0 Å². The van der Waals surface area contributed by atoms with Gasteiger partial charge in [0.2, 0.25) is 5.90 Å². The molecule has 2 aliphatic heterocycles. The molecule has 1 aromatic rings. The lowest BCUT2D eigenvalue weighted by atomic mass is 10.2. The highest BCUT2D eigenvalue weighted by Gasteiger charge is 2.54. The average molecular weight is 245 g/mol. The molecule has 4 heteroatoms. The Morgan fingerprint density at radius 2 is 1.78 bits per heavy atom. The summed E-state index contributed by atoms with van der Waals surface area (Å²) in [7, 11) is 0. The van der Waals surface area contributed by atoms with Crippen LogP contribution in [-0.2, 0) is 14.2 Å². The normalized spacial score (nSPS) is 37.7. The molecule has 0 bridgehead atoms. The van der Waals surface area contributed by atoms with Gasteiger partial charge in [-0.3, -0.25) is 0 Å². The topological polar surface area (TPSA) is 40.0 Å². The van der Waals surface area contributed by atoms with E-state index in [4.69, 9.17) is 14.2 Å². The van der Waals surface area contributed by atoms with E-state index in [-0.39, 0.29) is 12.2 Å². The van der Waals surface area contributed by atoms with Crippen molar-refractivity contribution in [2.24, 2.45) is 4.99 Å². The van der Waals surface area contributed by atoms with Gasteiger partial charge in [-0.15, -0.1) is 0 Å². The molecule has 18 heavy (non-hydrogen) atoms. The summed E-state index contributed by atoms with van der Waals surface area (Å²) in [6.07, 6.45) is 3.69. The molecule has 0 aromatic heterocycles. The Morgan fingerprint density at radius 3 is 2.50 bits per heavy atom. The monoisotopic (exact) mass is 245 g/mol. The van der Waals surface area contributed by atoms with Gasteiger partial charge >= 0.3 is 5.97 Å². The summed E-state index contributed by atoms with van der Waals surface area (Å²) in [4.78, 5) is 4.41. The average Bonchev–Trinajstić information content (AvgIpc) is 3.06. The van der Waals surface area contributed by atoms with Gasteiger partial charge in [-0.05, 0) is 31.4 Å². The fourth-order valence-corrected chi connectivity index (χ4v) is 2.88. The molecule has 0 N–H and O–H groups in total. The number of aliphatic imine (C=N–C) groups is 1. The lowest BCUT2D eigenvalue weighted by Crippen LogP contribution is -2.35. The van der Waals surface area contributed by atoms with Gasteiger partial charge in [0.05, 0.1) is 12.2 Å². The molecule has 4 nitrogen and oxygen atoms in total. The van der Waals surface area contributed by atoms with Crippen LogP contribution in [0.1, 0.15) is 24.8 Å². The number of nitrogens with zero attached hydrogens (tertiary/aromatic N) is 1. The highest BCUT2D eigenvalue weighted by atomic mass is 16.9. The van der Waals surface area contributed by atoms with Crippen molar-refractivity contribution in [1.82, 2.24) is 0 Å². The Balaban J connectivity index is 1.53. The number of hydrogen-bond donors (Lipinski definition) is 0. The van der Waals surface area contributed by atoms with Crippen LogP contribution >= 0.6 is 0 Å². The first-order valence-corrected chi connectivity index (χ1v) is 6.49. The molecule has 1 aliphatic carbocycles. The molecule has 3 atom stereocenters. The largest absolute Gasteiger partial charge is 0.419 e. The van der Waals surface area contributed by atoms with Crippen molar-refractivity contribution in [2.45, 2.75) is 37.4 Å². The molecule has 2 heterocycles. The Bertz CT molecular complexity index is 473. The van der Waals surface area contributed by atoms with Gasteiger partial charge in [0.15, 0.2) is 0 Å². The summed E-state index contributed by atoms with van der Waals surface area (Å²) in [5.41, 5.74) is 0.971. The van der Waals surface area contributed by atoms with Crippen LogP contribution < -0.4 is 0 Å². The maximum Gasteiger partial charge on any atom is 0.349 e. The molecule has 0 radical (unpaired) electrons. The van der Waals surface area contributed by atoms with E-state index in [1.54, 1.807) is 0 Å². The molecular formula is C14H15NO3. The van der Waals surface area contributed by atoms with Gasteiger partial charge in [0.1, 0.15) is 6.54 Å². The van der Waals surface area contributed by atoms with Crippen LogP contribution in [0.5, 0.6) is 0 Å². The third-order valence-corrected chi connectivity index (χ3v) is 3.74. The number of rotatable bonds is 1. The van der Waals surface area contributed by atoms with E-state index < -0.39 is 5.97 Å². The molecular weight excluding hydrogens is 230 g/mol. The minimum Gasteiger partial charge on any atom is -0.419 e. The molecule has 1 aromatic carbocycles. The highest BCUT2D eigenvalue weighted by molar-refractivity contribution is 5.95. The zero-order chi connectivity index (χ0) is 12.0. The molecule has 3 aliphatic rings. The zero-order valence-corrected chi connectivity index (χ0v) is 10.0. The molecule has 1 spiro atoms. The summed E-state index contributed by atoms with van der Waals surface area (Å²) < 4.78 is 17.7. The van der Waals surface area contributed by atoms with Crippen LogP contribution in [0.4, 0.5) is 0 Å². The first kappa shape index (κ1) is 10.5. The number of hydrogen-bond acceptors (Lipinski definition) is 4. The van der Waals surface area contributed by atoms with Crippen LogP contribution in [0.25, 0.3) is 0 Å². The van der Waals surface area contributed by atoms with Crippen molar-refractivity contribution in [3.8, 4) is 0 Å². The Labute approximate surface area is 106 Å². The number of ether oxygens (including phenoxy) is 3. The molecule has 1 saturated carbocycles. The van der Waals surface area contributed by atoms with Crippen LogP contribution in [0.2, 0.25) is 0 Å². The van der Waals surface area contributed by atoms with E-state index >= 15 is 0 Å². The summed E-state index contributed by atoms with van der Waals surface area (Å²) in [5.74, 6) is -0.323. The number of fused-ring (bicyclic) bond motifs is 1. The van der Waals surface area contributed by atoms with Crippen LogP contribution in [-0.4, -0.2) is 30.6 Å². The zero-order valence-electron chi connectivity index (χ0n) is 10.0. The highest BCUT2D eigenvalue weighted by Crippen LogP contribution is 2.41. The Morgan fingerprint density at radius 1 is 1.06 bits per heavy atom. The lowest BCUT2D eigenvalue weighted by molar-refractivity contribution is -0.291. The fraction of sp³-hybridized carbons (Fsp3) is 0.500. The van der Waals surface area contributed by atoms with E-state index in [1.165, 1.54) is 6.42 Å². The summed E-state index contributed by atoms with van der Waals surface area (Å²) in [6, 6.07) is 9.87. The van der Waals surface area contributed by atoms with E-state index in [9.17, 15) is 0 Å². The van der Waals surface area contributed by atoms with Crippen molar-refractivity contribution in [2.75, 3.05) is 6.54 Å². The van der Waals surface area contributed by atoms with Gasteiger partial charge in [-0.2, -0.15) is 0 Å². The second kappa shape index (κ2) is 3.80. The number of benzene rings is 1. The third kappa shape index (κ3) is 1.56. The van der Waals surface area contributed by atoms with E-state index in [2.05, 4.69) is 4.99 Å². The third-order valence-electron chi connectivity index (χ3n) is 3.74. The standard InChI is InChI=1S/C14H15NO3/c1-2-5-10(6-3-1)13-15-9-14(18-13)16-11-7-4-8-12(11)17-14/h1-3,5-6,11-12H,4,7-9H2/t11-,12+,14?. The maximum absolute atomic E-state index is 5.93. The predicted molar refractivity (Wildman–Crippen MR) is 65.3 cm³/mol. The molecule has 4 rings (SSSR count). The quantitative estimate of drug-likeness (QED) is 0.760. The van der Waals surface area contributed by atoms with Crippen LogP contribution in [0.15, 0.2) is 35.3 Å². The van der Waals surface area contributed by atoms with Crippen LogP contribution in [0, 0.1) is 0 Å². The lowest BCUT2D eigenvalue weighted by Gasteiger charge is -2.22.